The summed E-state index contributed by atoms with van der Waals surface area (Å²) >= 11 is 0. The molecule has 6 heteroatoms. The Morgan fingerprint density at radius 2 is 1.12 bits per heavy atom. The van der Waals surface area contributed by atoms with Gasteiger partial charge in [-0.3, -0.25) is 9.59 Å². The average molecular weight is 350 g/mol. The molecule has 2 aromatic carbocycles. The van der Waals surface area contributed by atoms with Crippen molar-refractivity contribution in [1.82, 2.24) is 10.9 Å². The molecule has 0 aliphatic carbocycles. The van der Waals surface area contributed by atoms with E-state index in [-0.39, 0.29) is 0 Å². The van der Waals surface area contributed by atoms with Crippen molar-refractivity contribution in [2.24, 2.45) is 10.2 Å². The highest BCUT2D eigenvalue weighted by atomic mass is 16.2. The van der Waals surface area contributed by atoms with Crippen molar-refractivity contribution in [2.45, 2.75) is 27.7 Å². The van der Waals surface area contributed by atoms with Gasteiger partial charge in [-0.25, -0.2) is 10.9 Å². The fourth-order valence-corrected chi connectivity index (χ4v) is 2.24. The van der Waals surface area contributed by atoms with Crippen molar-refractivity contribution in [3.05, 3.63) is 70.8 Å². The first kappa shape index (κ1) is 19.1. The number of hydrazone groups is 2. The van der Waals surface area contributed by atoms with E-state index >= 15 is 0 Å². The normalized spacial score (nSPS) is 11.8. The SMILES string of the molecule is C/C(=N\NC(=O)C(=O)N/N=C(\C)c1cccc(C)c1)c1cccc(C)c1. The average Bonchev–Trinajstić information content (AvgIpc) is 2.63. The van der Waals surface area contributed by atoms with E-state index in [4.69, 9.17) is 0 Å². The molecule has 2 rings (SSSR count). The van der Waals surface area contributed by atoms with Crippen molar-refractivity contribution in [3.8, 4) is 0 Å². The number of benzene rings is 2. The summed E-state index contributed by atoms with van der Waals surface area (Å²) in [7, 11) is 0. The number of carbonyl (C=O) groups excluding carboxylic acids is 2. The monoisotopic (exact) mass is 350 g/mol. The van der Waals surface area contributed by atoms with Gasteiger partial charge >= 0.3 is 11.8 Å². The van der Waals surface area contributed by atoms with Gasteiger partial charge in [0.05, 0.1) is 11.4 Å². The Hall–Kier alpha value is -3.28. The Kier molecular flexibility index (Phi) is 6.38. The lowest BCUT2D eigenvalue weighted by Crippen LogP contribution is -2.36. The van der Waals surface area contributed by atoms with Gasteiger partial charge in [0, 0.05) is 0 Å². The molecular formula is C20H22N4O2. The van der Waals surface area contributed by atoms with Crippen molar-refractivity contribution in [1.29, 1.82) is 0 Å². The quantitative estimate of drug-likeness (QED) is 0.505. The van der Waals surface area contributed by atoms with Gasteiger partial charge in [0.25, 0.3) is 0 Å². The molecule has 0 saturated carbocycles. The fourth-order valence-electron chi connectivity index (χ4n) is 2.24. The van der Waals surface area contributed by atoms with E-state index in [9.17, 15) is 9.59 Å². The van der Waals surface area contributed by atoms with Crippen molar-refractivity contribution in [3.63, 3.8) is 0 Å². The zero-order chi connectivity index (χ0) is 19.1. The smallest absolute Gasteiger partial charge is 0.262 e. The Bertz CT molecular complexity index is 811. The molecule has 0 aromatic heterocycles. The van der Waals surface area contributed by atoms with Gasteiger partial charge < -0.3 is 0 Å². The zero-order valence-electron chi connectivity index (χ0n) is 15.3. The first-order valence-electron chi connectivity index (χ1n) is 8.20. The van der Waals surface area contributed by atoms with Crippen molar-refractivity contribution >= 4 is 23.2 Å². The lowest BCUT2D eigenvalue weighted by atomic mass is 10.1. The molecule has 0 fully saturated rings. The Morgan fingerprint density at radius 3 is 1.46 bits per heavy atom. The van der Waals surface area contributed by atoms with Crippen molar-refractivity contribution in [2.75, 3.05) is 0 Å². The molecule has 26 heavy (non-hydrogen) atoms. The van der Waals surface area contributed by atoms with Crippen molar-refractivity contribution < 1.29 is 9.59 Å². The maximum absolute atomic E-state index is 11.8. The maximum Gasteiger partial charge on any atom is 0.331 e. The minimum Gasteiger partial charge on any atom is -0.262 e. The topological polar surface area (TPSA) is 82.9 Å². The third-order valence-corrected chi connectivity index (χ3v) is 3.73. The second-order valence-electron chi connectivity index (χ2n) is 6.02. The van der Waals surface area contributed by atoms with Gasteiger partial charge in [0.15, 0.2) is 0 Å². The van der Waals surface area contributed by atoms with Crippen LogP contribution in [-0.2, 0) is 9.59 Å². The van der Waals surface area contributed by atoms with Crippen LogP contribution in [0.2, 0.25) is 0 Å². The van der Waals surface area contributed by atoms with Crippen LogP contribution in [0.25, 0.3) is 0 Å². The molecule has 6 nitrogen and oxygen atoms in total. The number of hydrogen-bond acceptors (Lipinski definition) is 4. The molecule has 0 aliphatic rings. The molecule has 0 aliphatic heterocycles. The Morgan fingerprint density at radius 1 is 0.731 bits per heavy atom. The molecule has 0 radical (unpaired) electrons. The lowest BCUT2D eigenvalue weighted by molar-refractivity contribution is -0.139. The highest BCUT2D eigenvalue weighted by molar-refractivity contribution is 6.35. The highest BCUT2D eigenvalue weighted by Gasteiger charge is 2.12. The molecule has 134 valence electrons. The standard InChI is InChI=1S/C20H22N4O2/c1-13-7-5-9-17(11-13)15(3)21-23-19(25)20(26)24-22-16(4)18-10-6-8-14(2)12-18/h5-12H,1-4H3,(H,23,25)(H,24,26)/b21-15+,22-16+. The summed E-state index contributed by atoms with van der Waals surface area (Å²) in [6.45, 7) is 7.45. The summed E-state index contributed by atoms with van der Waals surface area (Å²) in [5.74, 6) is -1.75. The summed E-state index contributed by atoms with van der Waals surface area (Å²) in [4.78, 5) is 23.7. The van der Waals surface area contributed by atoms with Gasteiger partial charge in [0.2, 0.25) is 0 Å². The van der Waals surface area contributed by atoms with E-state index in [0.717, 1.165) is 22.3 Å². The van der Waals surface area contributed by atoms with E-state index in [2.05, 4.69) is 21.1 Å². The summed E-state index contributed by atoms with van der Waals surface area (Å²) in [5.41, 5.74) is 9.61. The van der Waals surface area contributed by atoms with Crippen LogP contribution < -0.4 is 10.9 Å². The molecule has 0 heterocycles. The van der Waals surface area contributed by atoms with Gasteiger partial charge in [0.1, 0.15) is 0 Å². The van der Waals surface area contributed by atoms with Crippen LogP contribution in [0, 0.1) is 13.8 Å². The third-order valence-electron chi connectivity index (χ3n) is 3.73. The number of nitrogens with one attached hydrogen (secondary N) is 2. The van der Waals surface area contributed by atoms with E-state index in [0.29, 0.717) is 11.4 Å². The molecule has 0 spiro atoms. The zero-order valence-corrected chi connectivity index (χ0v) is 15.3. The number of nitrogens with zero attached hydrogens (tertiary/aromatic N) is 2. The van der Waals surface area contributed by atoms with Crippen LogP contribution in [0.3, 0.4) is 0 Å². The number of rotatable bonds is 4. The largest absolute Gasteiger partial charge is 0.331 e. The van der Waals surface area contributed by atoms with Crippen LogP contribution in [-0.4, -0.2) is 23.2 Å². The molecule has 2 N–H and O–H groups in total. The van der Waals surface area contributed by atoms with Crippen LogP contribution >= 0.6 is 0 Å². The van der Waals surface area contributed by atoms with Gasteiger partial charge in [-0.05, 0) is 38.8 Å². The number of aryl methyl sites for hydroxylation is 2. The van der Waals surface area contributed by atoms with Gasteiger partial charge in [-0.1, -0.05) is 59.7 Å². The number of amides is 2. The van der Waals surface area contributed by atoms with Crippen LogP contribution in [0.1, 0.15) is 36.1 Å². The molecule has 2 aromatic rings. The van der Waals surface area contributed by atoms with E-state index in [1.165, 1.54) is 0 Å². The summed E-state index contributed by atoms with van der Waals surface area (Å²) < 4.78 is 0. The third kappa shape index (κ3) is 5.37. The second-order valence-corrected chi connectivity index (χ2v) is 6.02. The van der Waals surface area contributed by atoms with Gasteiger partial charge in [-0.2, -0.15) is 10.2 Å². The minimum atomic E-state index is -0.877. The van der Waals surface area contributed by atoms with Crippen LogP contribution in [0.5, 0.6) is 0 Å². The maximum atomic E-state index is 11.8. The van der Waals surface area contributed by atoms with Gasteiger partial charge in [-0.15, -0.1) is 0 Å². The molecule has 0 bridgehead atoms. The van der Waals surface area contributed by atoms with E-state index in [1.54, 1.807) is 13.8 Å². The molecular weight excluding hydrogens is 328 g/mol. The minimum absolute atomic E-state index is 0.606. The molecule has 2 amide bonds. The van der Waals surface area contributed by atoms with Crippen LogP contribution in [0.4, 0.5) is 0 Å². The first-order valence-corrected chi connectivity index (χ1v) is 8.20. The first-order chi connectivity index (χ1) is 12.4. The number of carbonyl (C=O) groups is 2. The Balaban J connectivity index is 1.96. The lowest BCUT2D eigenvalue weighted by Gasteiger charge is -2.04. The van der Waals surface area contributed by atoms with Crippen LogP contribution in [0.15, 0.2) is 58.7 Å². The fraction of sp³-hybridized carbons (Fsp3) is 0.200. The molecule has 0 atom stereocenters. The summed E-state index contributed by atoms with van der Waals surface area (Å²) in [6, 6.07) is 15.4. The second kappa shape index (κ2) is 8.71. The Labute approximate surface area is 153 Å². The highest BCUT2D eigenvalue weighted by Crippen LogP contribution is 2.06. The summed E-state index contributed by atoms with van der Waals surface area (Å²) in [6.07, 6.45) is 0. The number of hydrogen-bond donors (Lipinski definition) is 2. The molecule has 0 saturated heterocycles. The predicted octanol–water partition coefficient (Wildman–Crippen LogP) is 2.68. The predicted molar refractivity (Wildman–Crippen MR) is 103 cm³/mol. The summed E-state index contributed by atoms with van der Waals surface area (Å²) in [5, 5.41) is 7.92. The van der Waals surface area contributed by atoms with E-state index in [1.807, 2.05) is 62.4 Å². The molecule has 0 unspecified atom stereocenters. The van der Waals surface area contributed by atoms with E-state index < -0.39 is 11.8 Å².